The predicted molar refractivity (Wildman–Crippen MR) is 84.5 cm³/mol. The van der Waals surface area contributed by atoms with Crippen LogP contribution in [0.4, 0.5) is 0 Å². The van der Waals surface area contributed by atoms with Gasteiger partial charge in [-0.25, -0.2) is 0 Å². The number of aliphatic carboxylic acids is 1. The lowest BCUT2D eigenvalue weighted by Crippen LogP contribution is -2.28. The second-order valence-corrected chi connectivity index (χ2v) is 5.44. The lowest BCUT2D eigenvalue weighted by atomic mass is 10.0. The summed E-state index contributed by atoms with van der Waals surface area (Å²) in [7, 11) is 0. The number of benzene rings is 1. The lowest BCUT2D eigenvalue weighted by molar-refractivity contribution is -0.138. The molecule has 1 atom stereocenters. The Bertz CT molecular complexity index is 544. The Hall–Kier alpha value is -1.52. The molecule has 1 aromatic rings. The van der Waals surface area contributed by atoms with E-state index >= 15 is 0 Å². The van der Waals surface area contributed by atoms with Gasteiger partial charge in [0.05, 0.1) is 10.0 Å². The van der Waals surface area contributed by atoms with Gasteiger partial charge >= 0.3 is 5.97 Å². The summed E-state index contributed by atoms with van der Waals surface area (Å²) in [6.45, 7) is 2.23. The van der Waals surface area contributed by atoms with Crippen molar-refractivity contribution in [3.63, 3.8) is 0 Å². The van der Waals surface area contributed by atoms with Crippen molar-refractivity contribution in [1.82, 2.24) is 5.32 Å². The maximum absolute atomic E-state index is 11.7. The average molecular weight is 330 g/mol. The monoisotopic (exact) mass is 329 g/mol. The molecule has 0 saturated heterocycles. The minimum absolute atomic E-state index is 0.0489. The molecular formula is C15H17Cl2NO3. The molecule has 1 amide bonds. The van der Waals surface area contributed by atoms with Crippen LogP contribution in [-0.2, 0) is 9.59 Å². The Morgan fingerprint density at radius 1 is 1.33 bits per heavy atom. The maximum Gasteiger partial charge on any atom is 0.303 e. The number of hydrogen-bond acceptors (Lipinski definition) is 2. The van der Waals surface area contributed by atoms with E-state index in [1.165, 1.54) is 6.08 Å². The topological polar surface area (TPSA) is 66.4 Å². The number of amides is 1. The van der Waals surface area contributed by atoms with Gasteiger partial charge in [0.2, 0.25) is 5.91 Å². The van der Waals surface area contributed by atoms with Crippen LogP contribution >= 0.6 is 23.2 Å². The summed E-state index contributed by atoms with van der Waals surface area (Å²) in [5.74, 6) is -1.20. The molecule has 0 saturated carbocycles. The molecule has 0 bridgehead atoms. The van der Waals surface area contributed by atoms with Gasteiger partial charge in [-0.15, -0.1) is 0 Å². The second-order valence-electron chi connectivity index (χ2n) is 4.62. The third-order valence-corrected chi connectivity index (χ3v) is 3.72. The van der Waals surface area contributed by atoms with Crippen molar-refractivity contribution in [2.24, 2.45) is 5.92 Å². The van der Waals surface area contributed by atoms with E-state index in [0.29, 0.717) is 23.0 Å². The van der Waals surface area contributed by atoms with Crippen molar-refractivity contribution >= 4 is 41.2 Å². The van der Waals surface area contributed by atoms with Crippen LogP contribution < -0.4 is 5.32 Å². The molecule has 0 spiro atoms. The fraction of sp³-hybridized carbons (Fsp3) is 0.333. The van der Waals surface area contributed by atoms with Gasteiger partial charge in [-0.05, 0) is 29.7 Å². The molecule has 0 aliphatic rings. The molecule has 4 nitrogen and oxygen atoms in total. The predicted octanol–water partition coefficient (Wildman–Crippen LogP) is 3.62. The van der Waals surface area contributed by atoms with Crippen LogP contribution in [0.3, 0.4) is 0 Å². The summed E-state index contributed by atoms with van der Waals surface area (Å²) in [6.07, 6.45) is 3.75. The van der Waals surface area contributed by atoms with Crippen LogP contribution in [0.15, 0.2) is 24.3 Å². The third kappa shape index (κ3) is 6.65. The second kappa shape index (κ2) is 8.70. The van der Waals surface area contributed by atoms with E-state index in [9.17, 15) is 9.59 Å². The SMILES string of the molecule is CCC(CNC(=O)/C=C/c1ccc(Cl)c(Cl)c1)CC(=O)O. The summed E-state index contributed by atoms with van der Waals surface area (Å²) < 4.78 is 0. The molecule has 0 aliphatic heterocycles. The van der Waals surface area contributed by atoms with E-state index < -0.39 is 5.97 Å². The van der Waals surface area contributed by atoms with E-state index in [2.05, 4.69) is 5.32 Å². The van der Waals surface area contributed by atoms with Gasteiger partial charge in [0.25, 0.3) is 0 Å². The fourth-order valence-electron chi connectivity index (χ4n) is 1.70. The molecule has 0 heterocycles. The van der Waals surface area contributed by atoms with E-state index in [4.69, 9.17) is 28.3 Å². The summed E-state index contributed by atoms with van der Waals surface area (Å²) >= 11 is 11.7. The summed E-state index contributed by atoms with van der Waals surface area (Å²) in [4.78, 5) is 22.3. The number of nitrogens with one attached hydrogen (secondary N) is 1. The number of rotatable bonds is 7. The third-order valence-electron chi connectivity index (χ3n) is 2.98. The first-order chi connectivity index (χ1) is 9.92. The van der Waals surface area contributed by atoms with Crippen LogP contribution in [0.2, 0.25) is 10.0 Å². The molecule has 1 aromatic carbocycles. The zero-order valence-corrected chi connectivity index (χ0v) is 13.1. The highest BCUT2D eigenvalue weighted by molar-refractivity contribution is 6.42. The van der Waals surface area contributed by atoms with E-state index in [0.717, 1.165) is 5.56 Å². The van der Waals surface area contributed by atoms with Crippen LogP contribution in [-0.4, -0.2) is 23.5 Å². The Morgan fingerprint density at radius 3 is 2.62 bits per heavy atom. The van der Waals surface area contributed by atoms with Crippen molar-refractivity contribution in [3.8, 4) is 0 Å². The number of carboxylic acid groups (broad SMARTS) is 1. The molecule has 1 rings (SSSR count). The summed E-state index contributed by atoms with van der Waals surface area (Å²) in [5, 5.41) is 12.3. The molecule has 2 N–H and O–H groups in total. The van der Waals surface area contributed by atoms with Crippen LogP contribution in [0.25, 0.3) is 6.08 Å². The van der Waals surface area contributed by atoms with Crippen LogP contribution in [0.5, 0.6) is 0 Å². The number of hydrogen-bond donors (Lipinski definition) is 2. The first kappa shape index (κ1) is 17.5. The normalized spacial score (nSPS) is 12.3. The number of carbonyl (C=O) groups excluding carboxylic acids is 1. The van der Waals surface area contributed by atoms with Gasteiger partial charge in [-0.3, -0.25) is 9.59 Å². The van der Waals surface area contributed by atoms with Crippen molar-refractivity contribution in [2.75, 3.05) is 6.54 Å². The molecule has 114 valence electrons. The zero-order valence-electron chi connectivity index (χ0n) is 11.6. The smallest absolute Gasteiger partial charge is 0.303 e. The van der Waals surface area contributed by atoms with Gasteiger partial charge in [-0.2, -0.15) is 0 Å². The molecular weight excluding hydrogens is 313 g/mol. The number of carboxylic acids is 1. The van der Waals surface area contributed by atoms with Gasteiger partial charge in [-0.1, -0.05) is 42.6 Å². The van der Waals surface area contributed by atoms with Crippen molar-refractivity contribution < 1.29 is 14.7 Å². The zero-order chi connectivity index (χ0) is 15.8. The van der Waals surface area contributed by atoms with Gasteiger partial charge in [0.1, 0.15) is 0 Å². The fourth-order valence-corrected chi connectivity index (χ4v) is 2.01. The Morgan fingerprint density at radius 2 is 2.05 bits per heavy atom. The van der Waals surface area contributed by atoms with E-state index in [1.807, 2.05) is 6.92 Å². The standard InChI is InChI=1S/C15H17Cl2NO3/c1-2-10(8-15(20)21)9-18-14(19)6-4-11-3-5-12(16)13(17)7-11/h3-7,10H,2,8-9H2,1H3,(H,18,19)(H,20,21)/b6-4+. The number of carbonyl (C=O) groups is 2. The van der Waals surface area contributed by atoms with Crippen LogP contribution in [0, 0.1) is 5.92 Å². The maximum atomic E-state index is 11.7. The highest BCUT2D eigenvalue weighted by Gasteiger charge is 2.11. The average Bonchev–Trinajstić information content (AvgIpc) is 2.44. The van der Waals surface area contributed by atoms with Crippen LogP contribution in [0.1, 0.15) is 25.3 Å². The van der Waals surface area contributed by atoms with E-state index in [1.54, 1.807) is 24.3 Å². The summed E-state index contributed by atoms with van der Waals surface area (Å²) in [5.41, 5.74) is 0.761. The minimum atomic E-state index is -0.859. The first-order valence-electron chi connectivity index (χ1n) is 6.55. The molecule has 1 unspecified atom stereocenters. The molecule has 0 aromatic heterocycles. The number of halogens is 2. The Kier molecular flexibility index (Phi) is 7.26. The van der Waals surface area contributed by atoms with E-state index in [-0.39, 0.29) is 18.2 Å². The van der Waals surface area contributed by atoms with Crippen molar-refractivity contribution in [3.05, 3.63) is 39.9 Å². The lowest BCUT2D eigenvalue weighted by Gasteiger charge is -2.12. The molecule has 0 fully saturated rings. The molecule has 21 heavy (non-hydrogen) atoms. The largest absolute Gasteiger partial charge is 0.481 e. The van der Waals surface area contributed by atoms with Gasteiger partial charge in [0, 0.05) is 19.0 Å². The van der Waals surface area contributed by atoms with Gasteiger partial charge < -0.3 is 10.4 Å². The highest BCUT2D eigenvalue weighted by atomic mass is 35.5. The first-order valence-corrected chi connectivity index (χ1v) is 7.30. The Balaban J connectivity index is 2.50. The minimum Gasteiger partial charge on any atom is -0.481 e. The highest BCUT2D eigenvalue weighted by Crippen LogP contribution is 2.23. The van der Waals surface area contributed by atoms with Gasteiger partial charge in [0.15, 0.2) is 0 Å². The van der Waals surface area contributed by atoms with Crippen molar-refractivity contribution in [2.45, 2.75) is 19.8 Å². The molecule has 0 radical (unpaired) electrons. The van der Waals surface area contributed by atoms with Crippen molar-refractivity contribution in [1.29, 1.82) is 0 Å². The summed E-state index contributed by atoms with van der Waals surface area (Å²) in [6, 6.07) is 5.06. The molecule has 0 aliphatic carbocycles. The molecule has 6 heteroatoms. The Labute approximate surface area is 133 Å². The quantitative estimate of drug-likeness (QED) is 0.751.